The highest BCUT2D eigenvalue weighted by Gasteiger charge is 3.00. The van der Waals surface area contributed by atoms with Crippen LogP contribution < -0.4 is 0 Å². The maximum absolute atomic E-state index is 12.1. The molecule has 0 aromatic rings. The highest BCUT2D eigenvalue weighted by atomic mass is 16.7. The van der Waals surface area contributed by atoms with E-state index in [-0.39, 0.29) is 41.5 Å². The number of hydrogen-bond donors (Lipinski definition) is 1. The lowest BCUT2D eigenvalue weighted by atomic mass is 9.46. The van der Waals surface area contributed by atoms with Gasteiger partial charge in [0.1, 0.15) is 36.1 Å². The van der Waals surface area contributed by atoms with Crippen molar-refractivity contribution in [3.8, 4) is 0 Å². The van der Waals surface area contributed by atoms with Gasteiger partial charge in [-0.3, -0.25) is 0 Å². The number of aliphatic hydroxyl groups excluding tert-OH is 1. The third kappa shape index (κ3) is 1.14. The number of fused-ring (bicyclic) bond motifs is 4. The van der Waals surface area contributed by atoms with Crippen molar-refractivity contribution in [3.05, 3.63) is 11.1 Å². The Hall–Kier alpha value is -0.950. The van der Waals surface area contributed by atoms with Crippen molar-refractivity contribution in [1.29, 1.82) is 0 Å². The fraction of sp³-hybridized carbons (Fsp3) is 0.850. The van der Waals surface area contributed by atoms with Crippen LogP contribution in [0, 0.1) is 17.3 Å². The standard InChI is InChI=1S/C20H24O6/c1-8(2)18-13(25-18)14-20(26-14)17(3)5-4-9-10(7-23-15(9)21)11(17)6-12-19(20,24-12)16(18)22/h8,11-14,16,22H,4-7H2,1-3H3/t11?,12?,13?,14?,16?,17?,18?,19?,20-/m1/s1. The number of carbonyl (C=O) groups excluding carboxylic acids is 1. The molecule has 3 aliphatic carbocycles. The third-order valence-electron chi connectivity index (χ3n) is 9.10. The van der Waals surface area contributed by atoms with Crippen molar-refractivity contribution < 1.29 is 28.8 Å². The molecule has 6 heteroatoms. The Balaban J connectivity index is 1.39. The lowest BCUT2D eigenvalue weighted by Crippen LogP contribution is -2.69. The van der Waals surface area contributed by atoms with Gasteiger partial charge in [0.05, 0.1) is 6.10 Å². The highest BCUT2D eigenvalue weighted by molar-refractivity contribution is 5.92. The van der Waals surface area contributed by atoms with Crippen LogP contribution in [0.25, 0.3) is 0 Å². The zero-order chi connectivity index (χ0) is 17.9. The molecule has 7 aliphatic rings. The Morgan fingerprint density at radius 3 is 2.77 bits per heavy atom. The zero-order valence-electron chi connectivity index (χ0n) is 15.3. The number of hydrogen-bond acceptors (Lipinski definition) is 6. The summed E-state index contributed by atoms with van der Waals surface area (Å²) in [6.07, 6.45) is 1.71. The molecule has 0 aromatic heterocycles. The number of aliphatic hydroxyl groups is 1. The number of cyclic esters (lactones) is 1. The summed E-state index contributed by atoms with van der Waals surface area (Å²) in [6, 6.07) is 0. The van der Waals surface area contributed by atoms with Crippen molar-refractivity contribution >= 4 is 5.97 Å². The van der Waals surface area contributed by atoms with Crippen LogP contribution in [0.3, 0.4) is 0 Å². The molecular formula is C20H24O6. The van der Waals surface area contributed by atoms with E-state index in [2.05, 4.69) is 20.8 Å². The molecule has 0 radical (unpaired) electrons. The van der Waals surface area contributed by atoms with E-state index in [9.17, 15) is 9.90 Å². The monoisotopic (exact) mass is 360 g/mol. The summed E-state index contributed by atoms with van der Waals surface area (Å²) in [5.74, 6) is 0.297. The minimum Gasteiger partial charge on any atom is -0.458 e. The van der Waals surface area contributed by atoms with Gasteiger partial charge < -0.3 is 24.1 Å². The van der Waals surface area contributed by atoms with Gasteiger partial charge in [-0.2, -0.15) is 0 Å². The molecule has 4 aliphatic heterocycles. The molecule has 4 heterocycles. The molecular weight excluding hydrogens is 336 g/mol. The Bertz CT molecular complexity index is 819. The lowest BCUT2D eigenvalue weighted by Gasteiger charge is -2.53. The first kappa shape index (κ1) is 15.0. The van der Waals surface area contributed by atoms with Crippen LogP contribution in [0.2, 0.25) is 0 Å². The van der Waals surface area contributed by atoms with E-state index in [1.807, 2.05) is 0 Å². The van der Waals surface area contributed by atoms with Crippen LogP contribution in [0.5, 0.6) is 0 Å². The Morgan fingerprint density at radius 2 is 2.00 bits per heavy atom. The fourth-order valence-corrected chi connectivity index (χ4v) is 7.70. The molecule has 0 aromatic carbocycles. The van der Waals surface area contributed by atoms with Crippen molar-refractivity contribution in [2.24, 2.45) is 17.3 Å². The molecule has 9 atom stereocenters. The molecule has 2 saturated carbocycles. The maximum atomic E-state index is 12.1. The van der Waals surface area contributed by atoms with Crippen LogP contribution >= 0.6 is 0 Å². The predicted molar refractivity (Wildman–Crippen MR) is 87.1 cm³/mol. The molecule has 2 spiro atoms. The first-order valence-corrected chi connectivity index (χ1v) is 9.95. The van der Waals surface area contributed by atoms with Crippen LogP contribution in [-0.2, 0) is 23.7 Å². The SMILES string of the molecule is CC(C)C12OC1C1O[C@@]13C1(C)CCC4=C(COC4=O)C1CC1OC13C2O. The number of carbonyl (C=O) groups is 1. The van der Waals surface area contributed by atoms with Gasteiger partial charge in [-0.15, -0.1) is 0 Å². The van der Waals surface area contributed by atoms with Gasteiger partial charge in [-0.1, -0.05) is 20.8 Å². The van der Waals surface area contributed by atoms with Crippen LogP contribution in [0.4, 0.5) is 0 Å². The molecule has 140 valence electrons. The van der Waals surface area contributed by atoms with Gasteiger partial charge in [0.2, 0.25) is 0 Å². The second-order valence-corrected chi connectivity index (χ2v) is 9.91. The van der Waals surface area contributed by atoms with Gasteiger partial charge in [-0.05, 0) is 36.7 Å². The normalized spacial score (nSPS) is 63.1. The molecule has 7 rings (SSSR count). The quantitative estimate of drug-likeness (QED) is 0.557. The summed E-state index contributed by atoms with van der Waals surface area (Å²) in [5, 5.41) is 11.4. The largest absolute Gasteiger partial charge is 0.458 e. The molecule has 5 fully saturated rings. The van der Waals surface area contributed by atoms with Crippen molar-refractivity contribution in [2.75, 3.05) is 6.61 Å². The average molecular weight is 360 g/mol. The van der Waals surface area contributed by atoms with Crippen molar-refractivity contribution in [1.82, 2.24) is 0 Å². The molecule has 26 heavy (non-hydrogen) atoms. The number of rotatable bonds is 1. The summed E-state index contributed by atoms with van der Waals surface area (Å²) >= 11 is 0. The van der Waals surface area contributed by atoms with Crippen LogP contribution in [0.15, 0.2) is 11.1 Å². The van der Waals surface area contributed by atoms with Crippen LogP contribution in [0.1, 0.15) is 40.0 Å². The van der Waals surface area contributed by atoms with Gasteiger partial charge in [0, 0.05) is 11.0 Å². The third-order valence-corrected chi connectivity index (χ3v) is 9.10. The zero-order valence-corrected chi connectivity index (χ0v) is 15.3. The predicted octanol–water partition coefficient (Wildman–Crippen LogP) is 1.10. The lowest BCUT2D eigenvalue weighted by molar-refractivity contribution is -0.136. The Morgan fingerprint density at radius 1 is 1.19 bits per heavy atom. The smallest absolute Gasteiger partial charge is 0.334 e. The number of ether oxygens (including phenoxy) is 4. The van der Waals surface area contributed by atoms with E-state index in [0.717, 1.165) is 30.4 Å². The molecule has 6 nitrogen and oxygen atoms in total. The number of esters is 1. The van der Waals surface area contributed by atoms with Crippen molar-refractivity contribution in [3.63, 3.8) is 0 Å². The highest BCUT2D eigenvalue weighted by Crippen LogP contribution is 2.82. The summed E-state index contributed by atoms with van der Waals surface area (Å²) in [7, 11) is 0. The molecule has 0 amide bonds. The topological polar surface area (TPSA) is 84.1 Å². The van der Waals surface area contributed by atoms with E-state index < -0.39 is 22.9 Å². The second kappa shape index (κ2) is 3.79. The average Bonchev–Trinajstić information content (AvgIpc) is 3.47. The van der Waals surface area contributed by atoms with E-state index in [4.69, 9.17) is 18.9 Å². The maximum Gasteiger partial charge on any atom is 0.334 e. The van der Waals surface area contributed by atoms with Crippen LogP contribution in [-0.4, -0.2) is 58.9 Å². The van der Waals surface area contributed by atoms with Gasteiger partial charge >= 0.3 is 5.97 Å². The van der Waals surface area contributed by atoms with E-state index in [1.54, 1.807) is 0 Å². The molecule has 3 saturated heterocycles. The molecule has 1 N–H and O–H groups in total. The first-order valence-electron chi connectivity index (χ1n) is 9.95. The first-order chi connectivity index (χ1) is 12.3. The van der Waals surface area contributed by atoms with Gasteiger partial charge in [-0.25, -0.2) is 4.79 Å². The number of epoxide rings is 3. The van der Waals surface area contributed by atoms with Gasteiger partial charge in [0.15, 0.2) is 5.60 Å². The van der Waals surface area contributed by atoms with E-state index in [1.165, 1.54) is 0 Å². The van der Waals surface area contributed by atoms with Crippen molar-refractivity contribution in [2.45, 2.75) is 81.3 Å². The summed E-state index contributed by atoms with van der Waals surface area (Å²) < 4.78 is 24.3. The Kier molecular flexibility index (Phi) is 2.19. The molecule has 8 unspecified atom stereocenters. The summed E-state index contributed by atoms with van der Waals surface area (Å²) in [6.45, 7) is 6.91. The second-order valence-electron chi connectivity index (χ2n) is 9.91. The summed E-state index contributed by atoms with van der Waals surface area (Å²) in [5.41, 5.74) is 0.230. The Labute approximate surface area is 151 Å². The van der Waals surface area contributed by atoms with E-state index in [0.29, 0.717) is 6.61 Å². The van der Waals surface area contributed by atoms with E-state index >= 15 is 0 Å². The van der Waals surface area contributed by atoms with Gasteiger partial charge in [0.25, 0.3) is 0 Å². The minimum absolute atomic E-state index is 0.00808. The fourth-order valence-electron chi connectivity index (χ4n) is 7.70. The molecule has 0 bridgehead atoms. The minimum atomic E-state index is -0.654. The summed E-state index contributed by atoms with van der Waals surface area (Å²) in [4.78, 5) is 12.1.